The summed E-state index contributed by atoms with van der Waals surface area (Å²) >= 11 is 0. The van der Waals surface area contributed by atoms with E-state index in [1.54, 1.807) is 7.05 Å². The minimum absolute atomic E-state index is 0.274. The maximum Gasteiger partial charge on any atom is 0.213 e. The topological polar surface area (TPSA) is 77.0 Å². The number of aliphatic imine (C=N–C) groups is 1. The van der Waals surface area contributed by atoms with Gasteiger partial charge in [0.1, 0.15) is 0 Å². The van der Waals surface area contributed by atoms with Gasteiger partial charge in [-0.1, -0.05) is 6.07 Å². The SMILES string of the molecule is CN=C(NCCCOC1CCOC1)NCc1ccc(OCC2CC2)nc1. The fourth-order valence-electron chi connectivity index (χ4n) is 2.67. The molecule has 2 fully saturated rings. The fourth-order valence-corrected chi connectivity index (χ4v) is 2.67. The average molecular weight is 362 g/mol. The van der Waals surface area contributed by atoms with E-state index in [-0.39, 0.29) is 6.10 Å². The number of nitrogens with zero attached hydrogens (tertiary/aromatic N) is 2. The number of hydrogen-bond donors (Lipinski definition) is 2. The highest BCUT2D eigenvalue weighted by Gasteiger charge is 2.22. The van der Waals surface area contributed by atoms with Gasteiger partial charge in [-0.3, -0.25) is 4.99 Å². The van der Waals surface area contributed by atoms with Crippen LogP contribution in [-0.2, 0) is 16.0 Å². The first-order chi connectivity index (χ1) is 12.8. The molecule has 1 aromatic heterocycles. The minimum atomic E-state index is 0.274. The zero-order valence-electron chi connectivity index (χ0n) is 15.6. The Balaban J connectivity index is 1.27. The molecule has 0 radical (unpaired) electrons. The summed E-state index contributed by atoms with van der Waals surface area (Å²) in [5, 5.41) is 6.59. The molecular formula is C19H30N4O3. The van der Waals surface area contributed by atoms with Crippen LogP contribution in [0.3, 0.4) is 0 Å². The standard InChI is InChI=1S/C19H30N4O3/c1-20-19(21-8-2-9-25-17-7-10-24-14-17)23-12-16-5-6-18(22-11-16)26-13-15-3-4-15/h5-6,11,15,17H,2-4,7-10,12-14H2,1H3,(H2,20,21,23). The molecule has 1 saturated heterocycles. The quantitative estimate of drug-likeness (QED) is 0.375. The molecule has 3 rings (SSSR count). The molecule has 0 bridgehead atoms. The molecule has 2 N–H and O–H groups in total. The molecule has 2 aliphatic rings. The van der Waals surface area contributed by atoms with Gasteiger partial charge < -0.3 is 24.8 Å². The summed E-state index contributed by atoms with van der Waals surface area (Å²) in [7, 11) is 1.77. The highest BCUT2D eigenvalue weighted by Crippen LogP contribution is 2.29. The van der Waals surface area contributed by atoms with E-state index in [1.165, 1.54) is 12.8 Å². The van der Waals surface area contributed by atoms with Gasteiger partial charge in [-0.2, -0.15) is 0 Å². The first kappa shape index (κ1) is 18.9. The van der Waals surface area contributed by atoms with E-state index in [1.807, 2.05) is 18.3 Å². The van der Waals surface area contributed by atoms with Gasteiger partial charge in [-0.25, -0.2) is 4.98 Å². The second-order valence-electron chi connectivity index (χ2n) is 6.82. The molecule has 2 heterocycles. The van der Waals surface area contributed by atoms with Crippen LogP contribution in [0, 0.1) is 5.92 Å². The lowest BCUT2D eigenvalue weighted by Crippen LogP contribution is -2.37. The predicted octanol–water partition coefficient (Wildman–Crippen LogP) is 1.73. The number of aromatic nitrogens is 1. The monoisotopic (exact) mass is 362 g/mol. The first-order valence-electron chi connectivity index (χ1n) is 9.55. The molecule has 0 aromatic carbocycles. The molecule has 144 valence electrons. The third-order valence-corrected chi connectivity index (χ3v) is 4.50. The molecule has 7 heteroatoms. The lowest BCUT2D eigenvalue weighted by molar-refractivity contribution is 0.0420. The van der Waals surface area contributed by atoms with Gasteiger partial charge in [0.05, 0.1) is 19.3 Å². The van der Waals surface area contributed by atoms with Crippen LogP contribution in [0.25, 0.3) is 0 Å². The van der Waals surface area contributed by atoms with Crippen LogP contribution in [0.15, 0.2) is 23.3 Å². The number of ether oxygens (including phenoxy) is 3. The third-order valence-electron chi connectivity index (χ3n) is 4.50. The lowest BCUT2D eigenvalue weighted by atomic mass is 10.3. The van der Waals surface area contributed by atoms with Crippen molar-refractivity contribution in [1.29, 1.82) is 0 Å². The lowest BCUT2D eigenvalue weighted by Gasteiger charge is -2.13. The van der Waals surface area contributed by atoms with Gasteiger partial charge in [-0.15, -0.1) is 0 Å². The molecule has 1 unspecified atom stereocenters. The second-order valence-corrected chi connectivity index (χ2v) is 6.82. The Morgan fingerprint density at radius 2 is 2.23 bits per heavy atom. The molecule has 1 aliphatic carbocycles. The van der Waals surface area contributed by atoms with Crippen molar-refractivity contribution in [3.8, 4) is 5.88 Å². The molecule has 7 nitrogen and oxygen atoms in total. The normalized spacial score (nSPS) is 20.2. The van der Waals surface area contributed by atoms with Crippen molar-refractivity contribution in [3.05, 3.63) is 23.9 Å². The number of rotatable bonds is 10. The van der Waals surface area contributed by atoms with Crippen LogP contribution in [0.5, 0.6) is 5.88 Å². The van der Waals surface area contributed by atoms with E-state index in [2.05, 4.69) is 20.6 Å². The van der Waals surface area contributed by atoms with Gasteiger partial charge in [0.2, 0.25) is 5.88 Å². The highest BCUT2D eigenvalue weighted by molar-refractivity contribution is 5.79. The zero-order valence-corrected chi connectivity index (χ0v) is 15.6. The number of guanidine groups is 1. The second kappa shape index (κ2) is 10.3. The van der Waals surface area contributed by atoms with Gasteiger partial charge in [0.15, 0.2) is 5.96 Å². The molecule has 0 spiro atoms. The predicted molar refractivity (Wildman–Crippen MR) is 100 cm³/mol. The molecule has 1 saturated carbocycles. The van der Waals surface area contributed by atoms with E-state index >= 15 is 0 Å². The van der Waals surface area contributed by atoms with E-state index in [4.69, 9.17) is 14.2 Å². The molecule has 26 heavy (non-hydrogen) atoms. The van der Waals surface area contributed by atoms with Crippen molar-refractivity contribution in [2.75, 3.05) is 40.0 Å². The summed E-state index contributed by atoms with van der Waals surface area (Å²) < 4.78 is 16.7. The van der Waals surface area contributed by atoms with Crippen LogP contribution >= 0.6 is 0 Å². The summed E-state index contributed by atoms with van der Waals surface area (Å²) in [6.07, 6.45) is 6.64. The largest absolute Gasteiger partial charge is 0.477 e. The van der Waals surface area contributed by atoms with Crippen LogP contribution in [0.4, 0.5) is 0 Å². The fraction of sp³-hybridized carbons (Fsp3) is 0.684. The molecule has 0 amide bonds. The van der Waals surface area contributed by atoms with Crippen molar-refractivity contribution < 1.29 is 14.2 Å². The number of nitrogens with one attached hydrogen (secondary N) is 2. The van der Waals surface area contributed by atoms with Gasteiger partial charge in [-0.05, 0) is 37.2 Å². The van der Waals surface area contributed by atoms with Gasteiger partial charge >= 0.3 is 0 Å². The Labute approximate surface area is 155 Å². The Hall–Kier alpha value is -1.86. The average Bonchev–Trinajstić information content (AvgIpc) is 3.36. The third kappa shape index (κ3) is 6.80. The van der Waals surface area contributed by atoms with Gasteiger partial charge in [0.25, 0.3) is 0 Å². The maximum absolute atomic E-state index is 5.75. The molecular weight excluding hydrogens is 332 g/mol. The molecule has 1 aliphatic heterocycles. The van der Waals surface area contributed by atoms with Crippen molar-refractivity contribution in [2.45, 2.75) is 38.3 Å². The van der Waals surface area contributed by atoms with Crippen molar-refractivity contribution >= 4 is 5.96 Å². The smallest absolute Gasteiger partial charge is 0.213 e. The molecule has 1 aromatic rings. The van der Waals surface area contributed by atoms with Gasteiger partial charge in [0, 0.05) is 45.6 Å². The van der Waals surface area contributed by atoms with Crippen LogP contribution in [0.2, 0.25) is 0 Å². The van der Waals surface area contributed by atoms with Crippen molar-refractivity contribution in [1.82, 2.24) is 15.6 Å². The minimum Gasteiger partial charge on any atom is -0.477 e. The van der Waals surface area contributed by atoms with Crippen LogP contribution in [-0.4, -0.2) is 57.1 Å². The first-order valence-corrected chi connectivity index (χ1v) is 9.55. The summed E-state index contributed by atoms with van der Waals surface area (Å²) in [4.78, 5) is 8.60. The Kier molecular flexibility index (Phi) is 7.51. The van der Waals surface area contributed by atoms with Crippen LogP contribution in [0.1, 0.15) is 31.2 Å². The number of hydrogen-bond acceptors (Lipinski definition) is 5. The van der Waals surface area contributed by atoms with Crippen LogP contribution < -0.4 is 15.4 Å². The Morgan fingerprint density at radius 3 is 2.92 bits per heavy atom. The van der Waals surface area contributed by atoms with Crippen molar-refractivity contribution in [2.24, 2.45) is 10.9 Å². The Morgan fingerprint density at radius 1 is 1.31 bits per heavy atom. The zero-order chi connectivity index (χ0) is 18.0. The molecule has 1 atom stereocenters. The summed E-state index contributed by atoms with van der Waals surface area (Å²) in [5.74, 6) is 2.23. The summed E-state index contributed by atoms with van der Waals surface area (Å²) in [6, 6.07) is 3.96. The van der Waals surface area contributed by atoms with Crippen molar-refractivity contribution in [3.63, 3.8) is 0 Å². The highest BCUT2D eigenvalue weighted by atomic mass is 16.5. The van der Waals surface area contributed by atoms with E-state index in [0.717, 1.165) is 63.3 Å². The Bertz CT molecular complexity index is 554. The maximum atomic E-state index is 5.75. The summed E-state index contributed by atoms with van der Waals surface area (Å²) in [6.45, 7) is 4.57. The summed E-state index contributed by atoms with van der Waals surface area (Å²) in [5.41, 5.74) is 1.09. The number of pyridine rings is 1. The van der Waals surface area contributed by atoms with E-state index in [0.29, 0.717) is 12.4 Å². The van der Waals surface area contributed by atoms with E-state index in [9.17, 15) is 0 Å². The van der Waals surface area contributed by atoms with E-state index < -0.39 is 0 Å².